The van der Waals surface area contributed by atoms with Crippen molar-refractivity contribution in [2.24, 2.45) is 0 Å². The highest BCUT2D eigenvalue weighted by Gasteiger charge is 1.82. The summed E-state index contributed by atoms with van der Waals surface area (Å²) < 4.78 is 1.74. The van der Waals surface area contributed by atoms with Gasteiger partial charge >= 0.3 is 0 Å². The molecule has 0 saturated carbocycles. The molecule has 0 bridgehead atoms. The van der Waals surface area contributed by atoms with Gasteiger partial charge in [0.1, 0.15) is 0 Å². The molecule has 1 radical (unpaired) electrons. The molecule has 1 aromatic rings. The second kappa shape index (κ2) is 2.47. The standard InChI is InChI=1S/C5H8N3/c6-2-5-8-4-1-3-7-8/h1,3-4,6H,2,5H2. The monoisotopic (exact) mass is 110 g/mol. The topological polar surface area (TPSA) is 41.6 Å². The first kappa shape index (κ1) is 5.31. The first-order valence-corrected chi connectivity index (χ1v) is 2.55. The van der Waals surface area contributed by atoms with Crippen LogP contribution in [0, 0.1) is 0 Å². The zero-order valence-corrected chi connectivity index (χ0v) is 4.54. The van der Waals surface area contributed by atoms with Crippen LogP contribution in [0.15, 0.2) is 18.5 Å². The Morgan fingerprint density at radius 3 is 3.00 bits per heavy atom. The summed E-state index contributed by atoms with van der Waals surface area (Å²) in [5.74, 6) is 0. The van der Waals surface area contributed by atoms with E-state index in [0.717, 1.165) is 0 Å². The minimum absolute atomic E-state index is 0.404. The molecule has 43 valence electrons. The van der Waals surface area contributed by atoms with Gasteiger partial charge in [-0.15, -0.1) is 0 Å². The maximum absolute atomic E-state index is 6.82. The molecule has 0 aromatic carbocycles. The Hall–Kier alpha value is -0.830. The average molecular weight is 110 g/mol. The van der Waals surface area contributed by atoms with Crippen molar-refractivity contribution in [3.8, 4) is 0 Å². The van der Waals surface area contributed by atoms with Crippen molar-refractivity contribution >= 4 is 0 Å². The Labute approximate surface area is 48.1 Å². The number of rotatable bonds is 2. The van der Waals surface area contributed by atoms with Gasteiger partial charge in [0.05, 0.1) is 6.54 Å². The fourth-order valence-electron chi connectivity index (χ4n) is 0.547. The van der Waals surface area contributed by atoms with Crippen LogP contribution in [-0.2, 0) is 6.54 Å². The van der Waals surface area contributed by atoms with Gasteiger partial charge in [0.15, 0.2) is 0 Å². The molecule has 0 fully saturated rings. The van der Waals surface area contributed by atoms with Crippen molar-refractivity contribution in [2.75, 3.05) is 6.54 Å². The Morgan fingerprint density at radius 1 is 1.62 bits per heavy atom. The second-order valence-electron chi connectivity index (χ2n) is 1.52. The van der Waals surface area contributed by atoms with E-state index in [1.165, 1.54) is 0 Å². The Bertz CT molecular complexity index is 133. The lowest BCUT2D eigenvalue weighted by Gasteiger charge is -1.92. The van der Waals surface area contributed by atoms with Gasteiger partial charge in [-0.2, -0.15) is 5.10 Å². The predicted octanol–water partition coefficient (Wildman–Crippen LogP) is 0.166. The molecule has 0 amide bonds. The van der Waals surface area contributed by atoms with E-state index in [9.17, 15) is 0 Å². The van der Waals surface area contributed by atoms with Gasteiger partial charge in [-0.1, -0.05) is 0 Å². The normalized spacial score (nSPS) is 9.62. The van der Waals surface area contributed by atoms with E-state index in [-0.39, 0.29) is 0 Å². The van der Waals surface area contributed by atoms with Crippen LogP contribution < -0.4 is 5.73 Å². The van der Waals surface area contributed by atoms with Crippen LogP contribution in [0.1, 0.15) is 0 Å². The van der Waals surface area contributed by atoms with Crippen molar-refractivity contribution in [1.82, 2.24) is 15.5 Å². The van der Waals surface area contributed by atoms with E-state index in [1.54, 1.807) is 10.9 Å². The van der Waals surface area contributed by atoms with Crippen LogP contribution in [-0.4, -0.2) is 16.3 Å². The first-order valence-electron chi connectivity index (χ1n) is 2.55. The molecular formula is C5H8N3. The van der Waals surface area contributed by atoms with Gasteiger partial charge in [0.2, 0.25) is 0 Å². The molecular weight excluding hydrogens is 102 g/mol. The fourth-order valence-corrected chi connectivity index (χ4v) is 0.547. The Balaban J connectivity index is 2.50. The lowest BCUT2D eigenvalue weighted by Crippen LogP contribution is -2.02. The van der Waals surface area contributed by atoms with Gasteiger partial charge in [0.25, 0.3) is 0 Å². The molecule has 0 unspecified atom stereocenters. The number of hydrogen-bond donors (Lipinski definition) is 0. The summed E-state index contributed by atoms with van der Waals surface area (Å²) in [5.41, 5.74) is 6.82. The van der Waals surface area contributed by atoms with Crippen LogP contribution in [0.25, 0.3) is 0 Å². The first-order chi connectivity index (χ1) is 3.93. The van der Waals surface area contributed by atoms with Gasteiger partial charge in [-0.05, 0) is 6.07 Å². The molecule has 8 heavy (non-hydrogen) atoms. The molecule has 1 heterocycles. The Kier molecular flexibility index (Phi) is 1.64. The van der Waals surface area contributed by atoms with Crippen molar-refractivity contribution < 1.29 is 0 Å². The third kappa shape index (κ3) is 1.07. The quantitative estimate of drug-likeness (QED) is 0.535. The van der Waals surface area contributed by atoms with Crippen LogP contribution in [0.5, 0.6) is 0 Å². The van der Waals surface area contributed by atoms with E-state index >= 15 is 0 Å². The summed E-state index contributed by atoms with van der Waals surface area (Å²) in [7, 11) is 0. The number of nitrogens with one attached hydrogen (secondary N) is 1. The predicted molar refractivity (Wildman–Crippen MR) is 30.2 cm³/mol. The summed E-state index contributed by atoms with van der Waals surface area (Å²) in [6.45, 7) is 1.11. The molecule has 3 nitrogen and oxygen atoms in total. The highest BCUT2D eigenvalue weighted by molar-refractivity contribution is 4.77. The third-order valence-corrected chi connectivity index (χ3v) is 0.900. The Morgan fingerprint density at radius 2 is 2.50 bits per heavy atom. The third-order valence-electron chi connectivity index (χ3n) is 0.900. The van der Waals surface area contributed by atoms with Crippen LogP contribution in [0.4, 0.5) is 0 Å². The van der Waals surface area contributed by atoms with Gasteiger partial charge in [-0.25, -0.2) is 0 Å². The van der Waals surface area contributed by atoms with E-state index in [0.29, 0.717) is 13.1 Å². The van der Waals surface area contributed by atoms with Crippen molar-refractivity contribution in [3.63, 3.8) is 0 Å². The molecule has 1 N–H and O–H groups in total. The molecule has 0 spiro atoms. The van der Waals surface area contributed by atoms with E-state index < -0.39 is 0 Å². The van der Waals surface area contributed by atoms with Gasteiger partial charge in [-0.3, -0.25) is 10.4 Å². The lowest BCUT2D eigenvalue weighted by atomic mass is 10.6. The summed E-state index contributed by atoms with van der Waals surface area (Å²) in [4.78, 5) is 0. The van der Waals surface area contributed by atoms with E-state index in [1.807, 2.05) is 12.3 Å². The van der Waals surface area contributed by atoms with Crippen LogP contribution in [0.2, 0.25) is 0 Å². The minimum atomic E-state index is 0.404. The lowest BCUT2D eigenvalue weighted by molar-refractivity contribution is 0.619. The minimum Gasteiger partial charge on any atom is -0.271 e. The summed E-state index contributed by atoms with van der Waals surface area (Å²) in [6.07, 6.45) is 3.57. The molecule has 0 aliphatic heterocycles. The van der Waals surface area contributed by atoms with Gasteiger partial charge in [0, 0.05) is 18.9 Å². The number of hydrogen-bond acceptors (Lipinski definition) is 1. The average Bonchev–Trinajstić information content (AvgIpc) is 2.19. The maximum atomic E-state index is 6.82. The molecule has 0 aliphatic rings. The van der Waals surface area contributed by atoms with E-state index in [4.69, 9.17) is 5.73 Å². The van der Waals surface area contributed by atoms with Crippen LogP contribution >= 0.6 is 0 Å². The zero-order valence-electron chi connectivity index (χ0n) is 4.54. The molecule has 1 aromatic heterocycles. The molecule has 1 rings (SSSR count). The van der Waals surface area contributed by atoms with Crippen molar-refractivity contribution in [2.45, 2.75) is 6.54 Å². The van der Waals surface area contributed by atoms with E-state index in [2.05, 4.69) is 5.10 Å². The largest absolute Gasteiger partial charge is 0.271 e. The molecule has 0 saturated heterocycles. The number of aromatic nitrogens is 2. The summed E-state index contributed by atoms with van der Waals surface area (Å²) >= 11 is 0. The maximum Gasteiger partial charge on any atom is 0.0547 e. The second-order valence-corrected chi connectivity index (χ2v) is 1.52. The zero-order chi connectivity index (χ0) is 5.82. The molecule has 3 heteroatoms. The summed E-state index contributed by atoms with van der Waals surface area (Å²) in [6, 6.07) is 1.86. The van der Waals surface area contributed by atoms with Crippen LogP contribution in [0.3, 0.4) is 0 Å². The van der Waals surface area contributed by atoms with Crippen molar-refractivity contribution in [3.05, 3.63) is 18.5 Å². The highest BCUT2D eigenvalue weighted by Crippen LogP contribution is 1.80. The van der Waals surface area contributed by atoms with Gasteiger partial charge < -0.3 is 0 Å². The summed E-state index contributed by atoms with van der Waals surface area (Å²) in [5, 5.41) is 3.90. The molecule has 0 atom stereocenters. The molecule has 0 aliphatic carbocycles. The highest BCUT2D eigenvalue weighted by atomic mass is 15.3. The fraction of sp³-hybridized carbons (Fsp3) is 0.400. The smallest absolute Gasteiger partial charge is 0.0547 e. The van der Waals surface area contributed by atoms with Crippen molar-refractivity contribution in [1.29, 1.82) is 0 Å². The number of nitrogens with zero attached hydrogens (tertiary/aromatic N) is 2. The SMILES string of the molecule is [NH]CCn1cccn1.